The molecule has 0 bridgehead atoms. The Balaban J connectivity index is 2.25. The molecule has 5 heteroatoms. The molecule has 0 aliphatic rings. The van der Waals surface area contributed by atoms with Gasteiger partial charge in [0.25, 0.3) is 0 Å². The fourth-order valence-corrected chi connectivity index (χ4v) is 1.84. The number of benzene rings is 2. The van der Waals surface area contributed by atoms with Gasteiger partial charge in [-0.05, 0) is 35.4 Å². The predicted molar refractivity (Wildman–Crippen MR) is 81.8 cm³/mol. The van der Waals surface area contributed by atoms with E-state index in [1.165, 1.54) is 6.20 Å². The van der Waals surface area contributed by atoms with E-state index in [1.807, 2.05) is 18.2 Å². The number of nitrogens with one attached hydrogen (secondary N) is 1. The highest BCUT2D eigenvalue weighted by Gasteiger charge is 2.03. The second-order valence-electron chi connectivity index (χ2n) is 4.39. The lowest BCUT2D eigenvalue weighted by atomic mass is 10.0. The van der Waals surface area contributed by atoms with Gasteiger partial charge in [-0.25, -0.2) is 4.79 Å². The van der Waals surface area contributed by atoms with Gasteiger partial charge in [-0.3, -0.25) is 0 Å². The Hall–Kier alpha value is -3.57. The molecule has 0 aliphatic carbocycles. The molecule has 0 fully saturated rings. The molecule has 22 heavy (non-hydrogen) atoms. The number of aromatic carboxylic acids is 1. The van der Waals surface area contributed by atoms with Gasteiger partial charge >= 0.3 is 5.97 Å². The predicted octanol–water partition coefficient (Wildman–Crippen LogP) is 3.39. The summed E-state index contributed by atoms with van der Waals surface area (Å²) in [6.45, 7) is 0. The lowest BCUT2D eigenvalue weighted by Crippen LogP contribution is -1.95. The first-order chi connectivity index (χ1) is 10.6. The van der Waals surface area contributed by atoms with Crippen molar-refractivity contribution < 1.29 is 9.90 Å². The highest BCUT2D eigenvalue weighted by atomic mass is 16.4. The third-order valence-corrected chi connectivity index (χ3v) is 2.95. The number of hydrogen-bond acceptors (Lipinski definition) is 4. The van der Waals surface area contributed by atoms with Gasteiger partial charge in [-0.2, -0.15) is 10.5 Å². The lowest BCUT2D eigenvalue weighted by Gasteiger charge is -2.06. The zero-order chi connectivity index (χ0) is 15.9. The SMILES string of the molecule is N#CC(C#N)=CNc1cccc(-c2ccc(C(=O)O)cc2)c1. The number of nitriles is 2. The van der Waals surface area contributed by atoms with Crippen LogP contribution in [0.1, 0.15) is 10.4 Å². The minimum Gasteiger partial charge on any atom is -0.478 e. The van der Waals surface area contributed by atoms with Gasteiger partial charge in [0.1, 0.15) is 17.7 Å². The average molecular weight is 289 g/mol. The van der Waals surface area contributed by atoms with E-state index in [2.05, 4.69) is 5.32 Å². The molecule has 0 unspecified atom stereocenters. The van der Waals surface area contributed by atoms with Gasteiger partial charge in [0.05, 0.1) is 5.56 Å². The minimum atomic E-state index is -0.965. The van der Waals surface area contributed by atoms with Gasteiger partial charge in [0.2, 0.25) is 0 Å². The molecule has 0 spiro atoms. The summed E-state index contributed by atoms with van der Waals surface area (Å²) in [6, 6.07) is 17.4. The Morgan fingerprint density at radius 2 is 1.73 bits per heavy atom. The molecule has 0 radical (unpaired) electrons. The highest BCUT2D eigenvalue weighted by Crippen LogP contribution is 2.23. The van der Waals surface area contributed by atoms with E-state index in [-0.39, 0.29) is 11.1 Å². The molecule has 2 aromatic rings. The molecule has 2 rings (SSSR count). The fraction of sp³-hybridized carbons (Fsp3) is 0. The first kappa shape index (κ1) is 14.8. The van der Waals surface area contributed by atoms with E-state index in [0.717, 1.165) is 16.8 Å². The third-order valence-electron chi connectivity index (χ3n) is 2.95. The molecule has 0 atom stereocenters. The zero-order valence-electron chi connectivity index (χ0n) is 11.4. The van der Waals surface area contributed by atoms with Crippen LogP contribution in [-0.4, -0.2) is 11.1 Å². The monoisotopic (exact) mass is 289 g/mol. The van der Waals surface area contributed by atoms with Crippen LogP contribution in [0.25, 0.3) is 11.1 Å². The van der Waals surface area contributed by atoms with E-state index < -0.39 is 5.97 Å². The van der Waals surface area contributed by atoms with Crippen molar-refractivity contribution in [3.63, 3.8) is 0 Å². The Morgan fingerprint density at radius 1 is 1.05 bits per heavy atom. The molecule has 0 amide bonds. The molecular formula is C17H11N3O2. The van der Waals surface area contributed by atoms with E-state index in [4.69, 9.17) is 15.6 Å². The normalized spacial score (nSPS) is 9.18. The van der Waals surface area contributed by atoms with E-state index in [1.54, 1.807) is 42.5 Å². The van der Waals surface area contributed by atoms with Crippen LogP contribution in [0.15, 0.2) is 60.3 Å². The molecular weight excluding hydrogens is 278 g/mol. The van der Waals surface area contributed by atoms with Crippen molar-refractivity contribution in [2.24, 2.45) is 0 Å². The van der Waals surface area contributed by atoms with Gasteiger partial charge in [0.15, 0.2) is 0 Å². The van der Waals surface area contributed by atoms with Gasteiger partial charge in [-0.15, -0.1) is 0 Å². The summed E-state index contributed by atoms with van der Waals surface area (Å²) < 4.78 is 0. The number of carbonyl (C=O) groups is 1. The van der Waals surface area contributed by atoms with Gasteiger partial charge < -0.3 is 10.4 Å². The molecule has 2 aromatic carbocycles. The number of allylic oxidation sites excluding steroid dienone is 1. The summed E-state index contributed by atoms with van der Waals surface area (Å²) in [4.78, 5) is 10.8. The summed E-state index contributed by atoms with van der Waals surface area (Å²) >= 11 is 0. The van der Waals surface area contributed by atoms with Crippen molar-refractivity contribution in [1.29, 1.82) is 10.5 Å². The second kappa shape index (κ2) is 6.74. The molecule has 0 saturated carbocycles. The van der Waals surface area contributed by atoms with E-state index in [9.17, 15) is 4.79 Å². The highest BCUT2D eigenvalue weighted by molar-refractivity contribution is 5.88. The second-order valence-corrected chi connectivity index (χ2v) is 4.39. The number of carboxylic acids is 1. The van der Waals surface area contributed by atoms with Crippen molar-refractivity contribution in [2.75, 3.05) is 5.32 Å². The summed E-state index contributed by atoms with van der Waals surface area (Å²) in [5.41, 5.74) is 2.71. The summed E-state index contributed by atoms with van der Waals surface area (Å²) in [5.74, 6) is -0.965. The summed E-state index contributed by atoms with van der Waals surface area (Å²) in [5, 5.41) is 29.1. The Morgan fingerprint density at radius 3 is 2.32 bits per heavy atom. The smallest absolute Gasteiger partial charge is 0.335 e. The molecule has 0 saturated heterocycles. The number of rotatable bonds is 4. The van der Waals surface area contributed by atoms with Crippen LogP contribution in [0, 0.1) is 22.7 Å². The Labute approximate surface area is 127 Å². The molecule has 0 aromatic heterocycles. The van der Waals surface area contributed by atoms with Crippen molar-refractivity contribution in [3.05, 3.63) is 65.9 Å². The number of anilines is 1. The van der Waals surface area contributed by atoms with Crippen molar-refractivity contribution in [1.82, 2.24) is 0 Å². The van der Waals surface area contributed by atoms with Crippen LogP contribution < -0.4 is 5.32 Å². The van der Waals surface area contributed by atoms with Crippen LogP contribution in [0.4, 0.5) is 5.69 Å². The number of nitrogens with zero attached hydrogens (tertiary/aromatic N) is 2. The lowest BCUT2D eigenvalue weighted by molar-refractivity contribution is 0.0697. The summed E-state index contributed by atoms with van der Waals surface area (Å²) in [6.07, 6.45) is 1.34. The Kier molecular flexibility index (Phi) is 4.54. The van der Waals surface area contributed by atoms with Crippen LogP contribution in [0.2, 0.25) is 0 Å². The maximum Gasteiger partial charge on any atom is 0.335 e. The molecule has 5 nitrogen and oxygen atoms in total. The zero-order valence-corrected chi connectivity index (χ0v) is 11.4. The molecule has 0 heterocycles. The third kappa shape index (κ3) is 3.50. The maximum absolute atomic E-state index is 10.8. The average Bonchev–Trinajstić information content (AvgIpc) is 2.56. The molecule has 106 valence electrons. The molecule has 2 N–H and O–H groups in total. The molecule has 0 aliphatic heterocycles. The van der Waals surface area contributed by atoms with Crippen LogP contribution >= 0.6 is 0 Å². The minimum absolute atomic E-state index is 0.0174. The van der Waals surface area contributed by atoms with Gasteiger partial charge in [0, 0.05) is 11.9 Å². The fourth-order valence-electron chi connectivity index (χ4n) is 1.84. The van der Waals surface area contributed by atoms with Crippen molar-refractivity contribution in [2.45, 2.75) is 0 Å². The largest absolute Gasteiger partial charge is 0.478 e. The maximum atomic E-state index is 10.8. The first-order valence-electron chi connectivity index (χ1n) is 6.35. The Bertz CT molecular complexity index is 793. The van der Waals surface area contributed by atoms with Crippen LogP contribution in [-0.2, 0) is 0 Å². The van der Waals surface area contributed by atoms with E-state index in [0.29, 0.717) is 0 Å². The topological polar surface area (TPSA) is 96.9 Å². The van der Waals surface area contributed by atoms with Crippen molar-refractivity contribution >= 4 is 11.7 Å². The number of hydrogen-bond donors (Lipinski definition) is 2. The first-order valence-corrected chi connectivity index (χ1v) is 6.35. The van der Waals surface area contributed by atoms with Gasteiger partial charge in [-0.1, -0.05) is 24.3 Å². The quantitative estimate of drug-likeness (QED) is 0.841. The van der Waals surface area contributed by atoms with Crippen LogP contribution in [0.3, 0.4) is 0 Å². The standard InChI is InChI=1S/C17H11N3O2/c18-9-12(10-19)11-20-16-3-1-2-15(8-16)13-4-6-14(7-5-13)17(21)22/h1-8,11,20H,(H,21,22). The number of carboxylic acid groups (broad SMARTS) is 1. The van der Waals surface area contributed by atoms with Crippen molar-refractivity contribution in [3.8, 4) is 23.3 Å². The summed E-state index contributed by atoms with van der Waals surface area (Å²) in [7, 11) is 0. The van der Waals surface area contributed by atoms with E-state index >= 15 is 0 Å². The van der Waals surface area contributed by atoms with Crippen LogP contribution in [0.5, 0.6) is 0 Å².